The molecule has 162 valence electrons. The number of carboxylic acid groups (broad SMARTS) is 1. The van der Waals surface area contributed by atoms with Gasteiger partial charge in [0.05, 0.1) is 12.5 Å². The van der Waals surface area contributed by atoms with E-state index in [1.807, 2.05) is 6.07 Å². The minimum absolute atomic E-state index is 0. The zero-order valence-electron chi connectivity index (χ0n) is 16.9. The van der Waals surface area contributed by atoms with Crippen LogP contribution in [0.25, 0.3) is 11.1 Å². The van der Waals surface area contributed by atoms with Crippen LogP contribution in [0.5, 0.6) is 5.75 Å². The number of rotatable bonds is 6. The molecule has 1 unspecified atom stereocenters. The van der Waals surface area contributed by atoms with E-state index in [2.05, 4.69) is 20.6 Å². The van der Waals surface area contributed by atoms with Crippen molar-refractivity contribution in [3.05, 3.63) is 70.7 Å². The van der Waals surface area contributed by atoms with Crippen LogP contribution in [0.1, 0.15) is 23.6 Å². The number of carbonyl (C=O) groups excluding carboxylic acids is 1. The van der Waals surface area contributed by atoms with Crippen LogP contribution in [0.3, 0.4) is 0 Å². The number of hydrogen-bond donors (Lipinski definition) is 4. The van der Waals surface area contributed by atoms with Gasteiger partial charge in [-0.3, -0.25) is 9.59 Å². The van der Waals surface area contributed by atoms with Gasteiger partial charge in [0.15, 0.2) is 5.69 Å². The first-order valence-corrected chi connectivity index (χ1v) is 9.30. The van der Waals surface area contributed by atoms with Crippen LogP contribution in [-0.2, 0) is 11.8 Å². The van der Waals surface area contributed by atoms with Gasteiger partial charge in [-0.15, -0.1) is 0 Å². The van der Waals surface area contributed by atoms with Crippen molar-refractivity contribution in [3.63, 3.8) is 0 Å². The fraction of sp³-hybridized carbons (Fsp3) is 0.190. The summed E-state index contributed by atoms with van der Waals surface area (Å²) < 4.78 is 1.23. The Morgan fingerprint density at radius 2 is 1.88 bits per heavy atom. The Balaban J connectivity index is 0.00000363. The molecule has 2 aromatic heterocycles. The zero-order valence-corrected chi connectivity index (χ0v) is 16.9. The monoisotopic (exact) mass is 447 g/mol. The molecule has 0 bridgehead atoms. The predicted molar refractivity (Wildman–Crippen MR) is 120 cm³/mol. The molecule has 3 aromatic rings. The van der Waals surface area contributed by atoms with Crippen molar-refractivity contribution in [2.45, 2.75) is 19.4 Å². The number of carboxylic acids is 1. The molecule has 32 heavy (non-hydrogen) atoms. The summed E-state index contributed by atoms with van der Waals surface area (Å²) in [6.45, 7) is 1.59. The molecule has 0 aliphatic rings. The summed E-state index contributed by atoms with van der Waals surface area (Å²) in [4.78, 5) is 44.2. The number of carbonyl (C=O) groups is 2. The van der Waals surface area contributed by atoms with E-state index >= 15 is 0 Å². The second kappa shape index (κ2) is 10.9. The Morgan fingerprint density at radius 3 is 2.53 bits per heavy atom. The molecule has 0 aliphatic heterocycles. The van der Waals surface area contributed by atoms with E-state index in [-0.39, 0.29) is 47.4 Å². The van der Waals surface area contributed by atoms with Crippen molar-refractivity contribution in [3.8, 4) is 16.9 Å². The molecule has 1 aromatic carbocycles. The maximum atomic E-state index is 12.6. The van der Waals surface area contributed by atoms with Gasteiger partial charge in [0.2, 0.25) is 0 Å². The summed E-state index contributed by atoms with van der Waals surface area (Å²) >= 11 is 0. The molecule has 10 nitrogen and oxygen atoms in total. The SMILES string of the molecule is Cc1cn(C)c(=O)c(NC(=O)NC(CC(=O)O)c2cccc(-c3cncnc3)c2)c1O.[NaH]. The number of nitrogens with one attached hydrogen (secondary N) is 2. The van der Waals surface area contributed by atoms with Crippen molar-refractivity contribution in [1.29, 1.82) is 0 Å². The molecular formula is C21H22N5NaO5. The average Bonchev–Trinajstić information content (AvgIpc) is 2.75. The van der Waals surface area contributed by atoms with E-state index in [4.69, 9.17) is 0 Å². The molecule has 0 fully saturated rings. The Bertz CT molecular complexity index is 1180. The summed E-state index contributed by atoms with van der Waals surface area (Å²) in [5.74, 6) is -1.47. The Kier molecular flexibility index (Phi) is 8.53. The Morgan fingerprint density at radius 1 is 1.19 bits per heavy atom. The topological polar surface area (TPSA) is 146 Å². The van der Waals surface area contributed by atoms with Gasteiger partial charge >= 0.3 is 41.6 Å². The van der Waals surface area contributed by atoms with Gasteiger partial charge in [0.1, 0.15) is 12.1 Å². The fourth-order valence-electron chi connectivity index (χ4n) is 3.12. The molecule has 3 rings (SSSR count). The van der Waals surface area contributed by atoms with Crippen molar-refractivity contribution >= 4 is 47.2 Å². The Labute approximate surface area is 205 Å². The van der Waals surface area contributed by atoms with Gasteiger partial charge in [0, 0.05) is 36.8 Å². The van der Waals surface area contributed by atoms with E-state index in [0.29, 0.717) is 11.1 Å². The summed E-state index contributed by atoms with van der Waals surface area (Å²) in [5, 5.41) is 24.4. The number of amides is 2. The third kappa shape index (κ3) is 5.94. The number of aryl methyl sites for hydroxylation is 2. The van der Waals surface area contributed by atoms with E-state index in [0.717, 1.165) is 11.1 Å². The normalized spacial score (nSPS) is 11.2. The first-order chi connectivity index (χ1) is 14.8. The van der Waals surface area contributed by atoms with Crippen LogP contribution >= 0.6 is 0 Å². The van der Waals surface area contributed by atoms with Crippen LogP contribution in [0.2, 0.25) is 0 Å². The van der Waals surface area contributed by atoms with Gasteiger partial charge in [-0.05, 0) is 24.1 Å². The van der Waals surface area contributed by atoms with Crippen LogP contribution < -0.4 is 16.2 Å². The number of aliphatic carboxylic acids is 1. The fourth-order valence-corrected chi connectivity index (χ4v) is 3.12. The number of anilines is 1. The van der Waals surface area contributed by atoms with Crippen molar-refractivity contribution in [1.82, 2.24) is 19.9 Å². The molecule has 1 atom stereocenters. The number of pyridine rings is 1. The maximum absolute atomic E-state index is 12.6. The molecule has 11 heteroatoms. The molecule has 4 N–H and O–H groups in total. The number of urea groups is 1. The van der Waals surface area contributed by atoms with Gasteiger partial charge in [-0.1, -0.05) is 18.2 Å². The molecule has 0 aliphatic carbocycles. The van der Waals surface area contributed by atoms with E-state index < -0.39 is 23.6 Å². The predicted octanol–water partition coefficient (Wildman–Crippen LogP) is 1.55. The second-order valence-electron chi connectivity index (χ2n) is 6.95. The molecule has 2 amide bonds. The van der Waals surface area contributed by atoms with Crippen LogP contribution in [0.4, 0.5) is 10.5 Å². The van der Waals surface area contributed by atoms with Gasteiger partial charge in [-0.2, -0.15) is 0 Å². The molecular weight excluding hydrogens is 425 g/mol. The zero-order chi connectivity index (χ0) is 22.5. The molecule has 0 saturated carbocycles. The second-order valence-corrected chi connectivity index (χ2v) is 6.95. The molecule has 0 saturated heterocycles. The van der Waals surface area contributed by atoms with Crippen LogP contribution in [-0.4, -0.2) is 66.3 Å². The average molecular weight is 447 g/mol. The van der Waals surface area contributed by atoms with Gasteiger partial charge in [0.25, 0.3) is 5.56 Å². The van der Waals surface area contributed by atoms with Crippen LogP contribution in [0.15, 0.2) is 54.0 Å². The summed E-state index contributed by atoms with van der Waals surface area (Å²) in [7, 11) is 1.49. The number of aromatic nitrogens is 3. The first-order valence-electron chi connectivity index (χ1n) is 9.30. The van der Waals surface area contributed by atoms with Gasteiger partial charge in [-0.25, -0.2) is 14.8 Å². The summed E-state index contributed by atoms with van der Waals surface area (Å²) in [6.07, 6.45) is 5.69. The van der Waals surface area contributed by atoms with E-state index in [9.17, 15) is 24.6 Å². The number of benzene rings is 1. The quantitative estimate of drug-likeness (QED) is 0.419. The third-order valence-corrected chi connectivity index (χ3v) is 4.64. The number of aromatic hydroxyl groups is 1. The van der Waals surface area contributed by atoms with Crippen molar-refractivity contribution < 1.29 is 19.8 Å². The minimum atomic E-state index is -1.12. The Hall–Kier alpha value is -3.21. The van der Waals surface area contributed by atoms with Crippen LogP contribution in [0, 0.1) is 6.92 Å². The number of hydrogen-bond acceptors (Lipinski definition) is 6. The van der Waals surface area contributed by atoms with E-state index in [1.54, 1.807) is 37.5 Å². The standard InChI is InChI=1S/C21H21N5O5.Na.H/c1-12-10-26(2)20(30)18(19(12)29)25-21(31)24-16(7-17(27)28)14-5-3-4-13(6-14)15-8-22-11-23-9-15;;/h3-6,8-11,16,29H,7H2,1-2H3,(H,27,28)(H2,24,25,31);;. The molecule has 0 spiro atoms. The summed E-state index contributed by atoms with van der Waals surface area (Å²) in [5.41, 5.74) is 1.54. The van der Waals surface area contributed by atoms with Crippen molar-refractivity contribution in [2.24, 2.45) is 7.05 Å². The van der Waals surface area contributed by atoms with Crippen molar-refractivity contribution in [2.75, 3.05) is 5.32 Å². The number of nitrogens with zero attached hydrogens (tertiary/aromatic N) is 3. The first kappa shape index (κ1) is 25.1. The molecule has 2 heterocycles. The van der Waals surface area contributed by atoms with Gasteiger partial charge < -0.3 is 25.4 Å². The van der Waals surface area contributed by atoms with E-state index in [1.165, 1.54) is 24.1 Å². The summed E-state index contributed by atoms with van der Waals surface area (Å²) in [6, 6.07) is 5.25. The molecule has 0 radical (unpaired) electrons. The third-order valence-electron chi connectivity index (χ3n) is 4.64.